The number of pyridine rings is 1. The van der Waals surface area contributed by atoms with Gasteiger partial charge in [-0.2, -0.15) is 0 Å². The number of anilines is 1. The summed E-state index contributed by atoms with van der Waals surface area (Å²) < 4.78 is 0. The summed E-state index contributed by atoms with van der Waals surface area (Å²) in [4.78, 5) is 7.39. The monoisotopic (exact) mass is 245 g/mol. The smallest absolute Gasteiger partial charge is 0.129 e. The van der Waals surface area contributed by atoms with Crippen LogP contribution in [0.25, 0.3) is 0 Å². The second kappa shape index (κ2) is 5.27. The fourth-order valence-electron chi connectivity index (χ4n) is 3.01. The standard InChI is InChI=1S/C15H23N3/c16-10-3-11-18(13-5-2-6-13)15-9-8-12-4-1-7-14(12)17-15/h8-9,13H,1-7,10-11,16H2. The Kier molecular flexibility index (Phi) is 3.50. The van der Waals surface area contributed by atoms with Crippen molar-refractivity contribution in [2.45, 2.75) is 51.0 Å². The van der Waals surface area contributed by atoms with Gasteiger partial charge >= 0.3 is 0 Å². The van der Waals surface area contributed by atoms with E-state index >= 15 is 0 Å². The first kappa shape index (κ1) is 12.0. The Balaban J connectivity index is 1.80. The lowest BCUT2D eigenvalue weighted by atomic mass is 9.91. The zero-order valence-corrected chi connectivity index (χ0v) is 11.1. The lowest BCUT2D eigenvalue weighted by molar-refractivity contribution is 0.382. The maximum absolute atomic E-state index is 5.66. The van der Waals surface area contributed by atoms with E-state index in [2.05, 4.69) is 17.0 Å². The molecule has 3 rings (SSSR count). The summed E-state index contributed by atoms with van der Waals surface area (Å²) in [6.07, 6.45) is 8.74. The fraction of sp³-hybridized carbons (Fsp3) is 0.667. The number of aryl methyl sites for hydroxylation is 2. The average Bonchev–Trinajstić information content (AvgIpc) is 2.78. The fourth-order valence-corrected chi connectivity index (χ4v) is 3.01. The minimum atomic E-state index is 0.712. The van der Waals surface area contributed by atoms with E-state index < -0.39 is 0 Å². The molecular formula is C15H23N3. The van der Waals surface area contributed by atoms with Gasteiger partial charge in [-0.05, 0) is 63.1 Å². The molecule has 1 aromatic rings. The number of nitrogens with zero attached hydrogens (tertiary/aromatic N) is 2. The molecule has 18 heavy (non-hydrogen) atoms. The second-order valence-corrected chi connectivity index (χ2v) is 5.55. The Labute approximate surface area is 109 Å². The van der Waals surface area contributed by atoms with Crippen LogP contribution in [-0.2, 0) is 12.8 Å². The number of hydrogen-bond acceptors (Lipinski definition) is 3. The highest BCUT2D eigenvalue weighted by molar-refractivity contribution is 5.44. The van der Waals surface area contributed by atoms with Gasteiger partial charge in [0.1, 0.15) is 5.82 Å². The molecule has 0 spiro atoms. The van der Waals surface area contributed by atoms with Crippen LogP contribution in [0.5, 0.6) is 0 Å². The molecule has 1 saturated carbocycles. The van der Waals surface area contributed by atoms with E-state index in [-0.39, 0.29) is 0 Å². The number of rotatable bonds is 5. The van der Waals surface area contributed by atoms with Crippen LogP contribution in [-0.4, -0.2) is 24.1 Å². The van der Waals surface area contributed by atoms with Crippen molar-refractivity contribution in [3.8, 4) is 0 Å². The van der Waals surface area contributed by atoms with Crippen LogP contribution in [0.2, 0.25) is 0 Å². The second-order valence-electron chi connectivity index (χ2n) is 5.55. The third-order valence-electron chi connectivity index (χ3n) is 4.33. The van der Waals surface area contributed by atoms with E-state index in [4.69, 9.17) is 10.7 Å². The summed E-state index contributed by atoms with van der Waals surface area (Å²) in [5.74, 6) is 1.19. The summed E-state index contributed by atoms with van der Waals surface area (Å²) in [6.45, 7) is 1.83. The predicted octanol–water partition coefficient (Wildman–Crippen LogP) is 2.28. The molecule has 2 aliphatic carbocycles. The summed E-state index contributed by atoms with van der Waals surface area (Å²) in [5.41, 5.74) is 8.46. The lowest BCUT2D eigenvalue weighted by Crippen LogP contribution is -2.42. The largest absolute Gasteiger partial charge is 0.354 e. The van der Waals surface area contributed by atoms with E-state index in [1.54, 1.807) is 0 Å². The van der Waals surface area contributed by atoms with Crippen molar-refractivity contribution in [3.05, 3.63) is 23.4 Å². The van der Waals surface area contributed by atoms with Crippen molar-refractivity contribution in [1.29, 1.82) is 0 Å². The molecule has 1 aromatic heterocycles. The molecule has 2 aliphatic rings. The van der Waals surface area contributed by atoms with E-state index in [1.807, 2.05) is 0 Å². The Bertz CT molecular complexity index is 412. The first-order valence-corrected chi connectivity index (χ1v) is 7.34. The quantitative estimate of drug-likeness (QED) is 0.865. The minimum absolute atomic E-state index is 0.712. The number of aromatic nitrogens is 1. The Hall–Kier alpha value is -1.09. The molecule has 0 aliphatic heterocycles. The van der Waals surface area contributed by atoms with Gasteiger partial charge in [0.05, 0.1) is 0 Å². The Morgan fingerprint density at radius 1 is 1.22 bits per heavy atom. The molecule has 98 valence electrons. The summed E-state index contributed by atoms with van der Waals surface area (Å²) >= 11 is 0. The van der Waals surface area contributed by atoms with Crippen LogP contribution in [0.3, 0.4) is 0 Å². The van der Waals surface area contributed by atoms with Gasteiger partial charge < -0.3 is 10.6 Å². The van der Waals surface area contributed by atoms with Crippen LogP contribution in [0.1, 0.15) is 43.4 Å². The van der Waals surface area contributed by atoms with Crippen molar-refractivity contribution < 1.29 is 0 Å². The van der Waals surface area contributed by atoms with Gasteiger partial charge in [-0.15, -0.1) is 0 Å². The lowest BCUT2D eigenvalue weighted by Gasteiger charge is -2.38. The van der Waals surface area contributed by atoms with Crippen molar-refractivity contribution >= 4 is 5.82 Å². The number of nitrogens with two attached hydrogens (primary N) is 1. The molecule has 3 nitrogen and oxygen atoms in total. The van der Waals surface area contributed by atoms with Crippen LogP contribution < -0.4 is 10.6 Å². The van der Waals surface area contributed by atoms with Gasteiger partial charge in [0.15, 0.2) is 0 Å². The van der Waals surface area contributed by atoms with Gasteiger partial charge in [-0.25, -0.2) is 4.98 Å². The van der Waals surface area contributed by atoms with Gasteiger partial charge in [0, 0.05) is 18.3 Å². The zero-order valence-electron chi connectivity index (χ0n) is 11.1. The molecule has 0 radical (unpaired) electrons. The number of hydrogen-bond donors (Lipinski definition) is 1. The third-order valence-corrected chi connectivity index (χ3v) is 4.33. The topological polar surface area (TPSA) is 42.1 Å². The molecule has 2 N–H and O–H groups in total. The highest BCUT2D eigenvalue weighted by Crippen LogP contribution is 2.30. The molecule has 0 aromatic carbocycles. The van der Waals surface area contributed by atoms with Crippen molar-refractivity contribution in [2.24, 2.45) is 5.73 Å². The minimum Gasteiger partial charge on any atom is -0.354 e. The highest BCUT2D eigenvalue weighted by atomic mass is 15.2. The molecule has 0 saturated heterocycles. The van der Waals surface area contributed by atoms with Crippen LogP contribution in [0.4, 0.5) is 5.82 Å². The van der Waals surface area contributed by atoms with Gasteiger partial charge in [0.2, 0.25) is 0 Å². The maximum Gasteiger partial charge on any atom is 0.129 e. The summed E-state index contributed by atoms with van der Waals surface area (Å²) in [6, 6.07) is 5.22. The summed E-state index contributed by atoms with van der Waals surface area (Å²) in [5, 5.41) is 0. The zero-order chi connectivity index (χ0) is 12.4. The molecule has 1 fully saturated rings. The molecule has 0 unspecified atom stereocenters. The van der Waals surface area contributed by atoms with E-state index in [1.165, 1.54) is 55.6 Å². The van der Waals surface area contributed by atoms with Crippen LogP contribution >= 0.6 is 0 Å². The van der Waals surface area contributed by atoms with Crippen molar-refractivity contribution in [1.82, 2.24) is 4.98 Å². The Morgan fingerprint density at radius 2 is 2.11 bits per heavy atom. The van der Waals surface area contributed by atoms with Gasteiger partial charge in [-0.1, -0.05) is 6.07 Å². The summed E-state index contributed by atoms with van der Waals surface area (Å²) in [7, 11) is 0. The molecule has 3 heteroatoms. The maximum atomic E-state index is 5.66. The Morgan fingerprint density at radius 3 is 2.83 bits per heavy atom. The first-order valence-electron chi connectivity index (χ1n) is 7.34. The highest BCUT2D eigenvalue weighted by Gasteiger charge is 2.26. The molecule has 0 bridgehead atoms. The molecular weight excluding hydrogens is 222 g/mol. The molecule has 0 atom stereocenters. The predicted molar refractivity (Wildman–Crippen MR) is 74.9 cm³/mol. The first-order chi connectivity index (χ1) is 8.88. The average molecular weight is 245 g/mol. The van der Waals surface area contributed by atoms with Crippen molar-refractivity contribution in [2.75, 3.05) is 18.0 Å². The van der Waals surface area contributed by atoms with E-state index in [0.717, 1.165) is 19.5 Å². The number of fused-ring (bicyclic) bond motifs is 1. The SMILES string of the molecule is NCCCN(c1ccc2c(n1)CCC2)C1CCC1. The van der Waals surface area contributed by atoms with Crippen LogP contribution in [0, 0.1) is 0 Å². The van der Waals surface area contributed by atoms with Crippen LogP contribution in [0.15, 0.2) is 12.1 Å². The van der Waals surface area contributed by atoms with E-state index in [9.17, 15) is 0 Å². The molecule has 0 amide bonds. The third kappa shape index (κ3) is 2.24. The molecule has 1 heterocycles. The normalized spacial score (nSPS) is 18.5. The van der Waals surface area contributed by atoms with Crippen molar-refractivity contribution in [3.63, 3.8) is 0 Å². The van der Waals surface area contributed by atoms with Gasteiger partial charge in [0.25, 0.3) is 0 Å². The van der Waals surface area contributed by atoms with E-state index in [0.29, 0.717) is 6.04 Å². The van der Waals surface area contributed by atoms with Gasteiger partial charge in [-0.3, -0.25) is 0 Å².